The first-order valence-electron chi connectivity index (χ1n) is 7.73. The van der Waals surface area contributed by atoms with E-state index >= 15 is 0 Å². The molecule has 0 spiro atoms. The molecule has 1 fully saturated rings. The van der Waals surface area contributed by atoms with Gasteiger partial charge in [-0.25, -0.2) is 4.39 Å². The van der Waals surface area contributed by atoms with Gasteiger partial charge in [-0.2, -0.15) is 0 Å². The molecule has 0 N–H and O–H groups in total. The van der Waals surface area contributed by atoms with E-state index in [0.717, 1.165) is 0 Å². The lowest BCUT2D eigenvalue weighted by Gasteiger charge is -2.23. The first-order valence-corrected chi connectivity index (χ1v) is 7.73. The van der Waals surface area contributed by atoms with Crippen LogP contribution in [0.25, 0.3) is 0 Å². The van der Waals surface area contributed by atoms with Gasteiger partial charge in [0.25, 0.3) is 0 Å². The predicted molar refractivity (Wildman–Crippen MR) is 88.8 cm³/mol. The Kier molecular flexibility index (Phi) is 4.09. The molecule has 0 bridgehead atoms. The summed E-state index contributed by atoms with van der Waals surface area (Å²) in [5, 5.41) is 0. The van der Waals surface area contributed by atoms with Gasteiger partial charge in [0.15, 0.2) is 5.78 Å². The lowest BCUT2D eigenvalue weighted by Crippen LogP contribution is -2.38. The molecule has 0 radical (unpaired) electrons. The van der Waals surface area contributed by atoms with Crippen LogP contribution in [0.1, 0.15) is 23.7 Å². The fourth-order valence-electron chi connectivity index (χ4n) is 3.05. The van der Waals surface area contributed by atoms with Crippen LogP contribution in [0.2, 0.25) is 0 Å². The maximum Gasteiger partial charge on any atom is 0.240 e. The van der Waals surface area contributed by atoms with Crippen molar-refractivity contribution in [1.82, 2.24) is 0 Å². The highest BCUT2D eigenvalue weighted by Gasteiger charge is 2.49. The van der Waals surface area contributed by atoms with Gasteiger partial charge in [-0.15, -0.1) is 0 Å². The van der Waals surface area contributed by atoms with E-state index in [1.807, 2.05) is 12.1 Å². The Balaban J connectivity index is 1.92. The van der Waals surface area contributed by atoms with Gasteiger partial charge in [-0.3, -0.25) is 9.59 Å². The number of carbonyl (C=O) groups excluding carboxylic acids is 2. The van der Waals surface area contributed by atoms with E-state index in [-0.39, 0.29) is 11.7 Å². The van der Waals surface area contributed by atoms with Gasteiger partial charge in [0.1, 0.15) is 17.0 Å². The topological polar surface area (TPSA) is 46.6 Å². The zero-order chi connectivity index (χ0) is 17.3. The molecule has 1 aliphatic rings. The van der Waals surface area contributed by atoms with Crippen molar-refractivity contribution in [2.45, 2.75) is 13.3 Å². The number of hydrogen-bond acceptors (Lipinski definition) is 3. The Bertz CT molecular complexity index is 787. The fraction of sp³-hybridized carbons (Fsp3) is 0.263. The summed E-state index contributed by atoms with van der Waals surface area (Å²) in [7, 11) is 1.54. The Hall–Kier alpha value is -2.69. The molecular weight excluding hydrogens is 309 g/mol. The van der Waals surface area contributed by atoms with Crippen LogP contribution in [0.3, 0.4) is 0 Å². The quantitative estimate of drug-likeness (QED) is 0.638. The second-order valence-electron chi connectivity index (χ2n) is 6.05. The van der Waals surface area contributed by atoms with E-state index < -0.39 is 11.2 Å². The van der Waals surface area contributed by atoms with Crippen molar-refractivity contribution in [2.24, 2.45) is 5.41 Å². The standard InChI is InChI=1S/C19H18FNO3/c1-19(17(22)13-7-9-14(20)10-8-13)11-12-21(18(19)23)15-5-3-4-6-16(15)24-2/h3-10H,11-12H2,1-2H3/t19-/m0/s1. The van der Waals surface area contributed by atoms with Gasteiger partial charge in [-0.05, 0) is 49.7 Å². The number of amides is 1. The molecule has 124 valence electrons. The summed E-state index contributed by atoms with van der Waals surface area (Å²) in [6.07, 6.45) is 0.403. The number of halogens is 1. The van der Waals surface area contributed by atoms with Crippen LogP contribution < -0.4 is 9.64 Å². The van der Waals surface area contributed by atoms with E-state index in [1.165, 1.54) is 24.3 Å². The van der Waals surface area contributed by atoms with Crippen LogP contribution in [0.5, 0.6) is 5.75 Å². The molecular formula is C19H18FNO3. The molecule has 4 nitrogen and oxygen atoms in total. The summed E-state index contributed by atoms with van der Waals surface area (Å²) in [6.45, 7) is 2.08. The number of carbonyl (C=O) groups is 2. The molecule has 3 rings (SSSR count). The molecule has 1 saturated heterocycles. The van der Waals surface area contributed by atoms with E-state index in [1.54, 1.807) is 31.1 Å². The third-order valence-electron chi connectivity index (χ3n) is 4.54. The molecule has 24 heavy (non-hydrogen) atoms. The number of Topliss-reactive ketones (excluding diaryl/α,β-unsaturated/α-hetero) is 1. The van der Waals surface area contributed by atoms with Crippen molar-refractivity contribution in [1.29, 1.82) is 0 Å². The number of nitrogens with zero attached hydrogens (tertiary/aromatic N) is 1. The lowest BCUT2D eigenvalue weighted by molar-refractivity contribution is -0.122. The Morgan fingerprint density at radius 3 is 2.50 bits per heavy atom. The zero-order valence-corrected chi connectivity index (χ0v) is 13.6. The number of hydrogen-bond donors (Lipinski definition) is 0. The number of ketones is 1. The second kappa shape index (κ2) is 6.07. The molecule has 1 heterocycles. The zero-order valence-electron chi connectivity index (χ0n) is 13.6. The van der Waals surface area contributed by atoms with E-state index in [2.05, 4.69) is 0 Å². The van der Waals surface area contributed by atoms with Gasteiger partial charge in [0.05, 0.1) is 12.8 Å². The van der Waals surface area contributed by atoms with E-state index in [9.17, 15) is 14.0 Å². The first kappa shape index (κ1) is 16.2. The maximum atomic E-state index is 13.1. The number of ether oxygens (including phenoxy) is 1. The van der Waals surface area contributed by atoms with Gasteiger partial charge in [0.2, 0.25) is 5.91 Å². The monoisotopic (exact) mass is 327 g/mol. The Morgan fingerprint density at radius 1 is 1.17 bits per heavy atom. The van der Waals surface area contributed by atoms with Crippen molar-refractivity contribution < 1.29 is 18.7 Å². The third-order valence-corrected chi connectivity index (χ3v) is 4.54. The molecule has 0 aliphatic carbocycles. The molecule has 1 aliphatic heterocycles. The minimum Gasteiger partial charge on any atom is -0.495 e. The SMILES string of the molecule is COc1ccccc1N1CC[C@@](C)(C(=O)c2ccc(F)cc2)C1=O. The van der Waals surface area contributed by atoms with E-state index in [0.29, 0.717) is 30.0 Å². The minimum atomic E-state index is -1.15. The molecule has 1 atom stereocenters. The molecule has 2 aromatic rings. The molecule has 1 amide bonds. The largest absolute Gasteiger partial charge is 0.495 e. The van der Waals surface area contributed by atoms with Crippen molar-refractivity contribution in [2.75, 3.05) is 18.6 Å². The second-order valence-corrected chi connectivity index (χ2v) is 6.05. The minimum absolute atomic E-state index is 0.263. The lowest BCUT2D eigenvalue weighted by atomic mass is 9.81. The average Bonchev–Trinajstić information content (AvgIpc) is 2.91. The van der Waals surface area contributed by atoms with Crippen LogP contribution >= 0.6 is 0 Å². The molecule has 2 aromatic carbocycles. The van der Waals surface area contributed by atoms with Crippen LogP contribution in [-0.4, -0.2) is 25.3 Å². The summed E-state index contributed by atoms with van der Waals surface area (Å²) in [6, 6.07) is 12.5. The number of benzene rings is 2. The fourth-order valence-corrected chi connectivity index (χ4v) is 3.05. The highest BCUT2D eigenvalue weighted by atomic mass is 19.1. The molecule has 5 heteroatoms. The Labute approximate surface area is 139 Å². The maximum absolute atomic E-state index is 13.1. The number of para-hydroxylation sites is 2. The molecule has 0 unspecified atom stereocenters. The van der Waals surface area contributed by atoms with Gasteiger partial charge in [0, 0.05) is 12.1 Å². The first-order chi connectivity index (χ1) is 11.5. The number of rotatable bonds is 4. The third kappa shape index (κ3) is 2.56. The van der Waals surface area contributed by atoms with Crippen molar-refractivity contribution in [3.8, 4) is 5.75 Å². The molecule has 0 saturated carbocycles. The summed E-state index contributed by atoms with van der Waals surface area (Å²) >= 11 is 0. The van der Waals surface area contributed by atoms with Crippen LogP contribution in [0, 0.1) is 11.2 Å². The van der Waals surface area contributed by atoms with Crippen LogP contribution in [0.15, 0.2) is 48.5 Å². The normalized spacial score (nSPS) is 20.3. The average molecular weight is 327 g/mol. The smallest absolute Gasteiger partial charge is 0.240 e. The molecule has 0 aromatic heterocycles. The summed E-state index contributed by atoms with van der Waals surface area (Å²) in [5.41, 5.74) is -0.159. The van der Waals surface area contributed by atoms with Gasteiger partial charge in [-0.1, -0.05) is 12.1 Å². The highest BCUT2D eigenvalue weighted by Crippen LogP contribution is 2.40. The summed E-state index contributed by atoms with van der Waals surface area (Å²) < 4.78 is 18.4. The van der Waals surface area contributed by atoms with Crippen molar-refractivity contribution >= 4 is 17.4 Å². The van der Waals surface area contributed by atoms with Crippen molar-refractivity contribution in [3.05, 3.63) is 59.9 Å². The number of methoxy groups -OCH3 is 1. The van der Waals surface area contributed by atoms with Gasteiger partial charge < -0.3 is 9.64 Å². The Morgan fingerprint density at radius 2 is 1.83 bits per heavy atom. The van der Waals surface area contributed by atoms with E-state index in [4.69, 9.17) is 4.74 Å². The highest BCUT2D eigenvalue weighted by molar-refractivity contribution is 6.19. The summed E-state index contributed by atoms with van der Waals surface area (Å²) in [4.78, 5) is 27.4. The van der Waals surface area contributed by atoms with Crippen LogP contribution in [0.4, 0.5) is 10.1 Å². The number of anilines is 1. The van der Waals surface area contributed by atoms with Crippen molar-refractivity contribution in [3.63, 3.8) is 0 Å². The summed E-state index contributed by atoms with van der Waals surface area (Å²) in [5.74, 6) is -0.374. The van der Waals surface area contributed by atoms with Gasteiger partial charge >= 0.3 is 0 Å². The predicted octanol–water partition coefficient (Wildman–Crippen LogP) is 3.46. The van der Waals surface area contributed by atoms with Crippen LogP contribution in [-0.2, 0) is 4.79 Å².